The molecule has 20 heavy (non-hydrogen) atoms. The number of hydrogen-bond donors (Lipinski definition) is 0. The van der Waals surface area contributed by atoms with Crippen molar-refractivity contribution < 1.29 is 4.74 Å². The van der Waals surface area contributed by atoms with Crippen LogP contribution in [0.1, 0.15) is 36.5 Å². The predicted octanol–water partition coefficient (Wildman–Crippen LogP) is 6.41. The molecular weight excluding hydrogens is 336 g/mol. The van der Waals surface area contributed by atoms with Gasteiger partial charge in [-0.15, -0.1) is 11.6 Å². The van der Waals surface area contributed by atoms with Crippen molar-refractivity contribution in [3.63, 3.8) is 0 Å². The molecule has 2 aromatic carbocycles. The molecule has 0 amide bonds. The first-order valence-corrected chi connectivity index (χ1v) is 7.97. The number of halogens is 2. The first kappa shape index (κ1) is 15.4. The summed E-state index contributed by atoms with van der Waals surface area (Å²) < 4.78 is 7.07. The normalized spacial score (nSPS) is 10.9. The first-order chi connectivity index (χ1) is 9.51. The van der Waals surface area contributed by atoms with Crippen LogP contribution in [0.15, 0.2) is 40.9 Å². The van der Waals surface area contributed by atoms with Gasteiger partial charge < -0.3 is 4.74 Å². The van der Waals surface area contributed by atoms with Gasteiger partial charge in [-0.2, -0.15) is 0 Å². The molecule has 1 nitrogen and oxygen atoms in total. The molecule has 0 aliphatic heterocycles. The molecule has 0 atom stereocenters. The SMILES string of the molecule is Cc1ccc(C(C)C)cc1Oc1cc(Br)ccc1CCl. The van der Waals surface area contributed by atoms with E-state index < -0.39 is 0 Å². The lowest BCUT2D eigenvalue weighted by Gasteiger charge is -2.14. The van der Waals surface area contributed by atoms with Gasteiger partial charge in [-0.05, 0) is 42.2 Å². The highest BCUT2D eigenvalue weighted by atomic mass is 79.9. The lowest BCUT2D eigenvalue weighted by molar-refractivity contribution is 0.473. The van der Waals surface area contributed by atoms with E-state index in [1.807, 2.05) is 18.2 Å². The zero-order valence-corrected chi connectivity index (χ0v) is 14.3. The standard InChI is InChI=1S/C17H18BrClO/c1-11(2)13-5-4-12(3)16(8-13)20-17-9-15(18)7-6-14(17)10-19/h4-9,11H,10H2,1-3H3. The van der Waals surface area contributed by atoms with Gasteiger partial charge in [0.1, 0.15) is 11.5 Å². The van der Waals surface area contributed by atoms with Gasteiger partial charge in [0.2, 0.25) is 0 Å². The molecule has 0 saturated heterocycles. The van der Waals surface area contributed by atoms with Gasteiger partial charge in [0.15, 0.2) is 0 Å². The van der Waals surface area contributed by atoms with Crippen LogP contribution in [0.2, 0.25) is 0 Å². The molecular formula is C17H18BrClO. The third-order valence-electron chi connectivity index (χ3n) is 3.27. The fourth-order valence-corrected chi connectivity index (χ4v) is 2.50. The second-order valence-electron chi connectivity index (χ2n) is 5.17. The van der Waals surface area contributed by atoms with E-state index in [1.54, 1.807) is 0 Å². The van der Waals surface area contributed by atoms with Gasteiger partial charge in [-0.3, -0.25) is 0 Å². The van der Waals surface area contributed by atoms with Crippen molar-refractivity contribution in [2.75, 3.05) is 0 Å². The highest BCUT2D eigenvalue weighted by Gasteiger charge is 2.09. The summed E-state index contributed by atoms with van der Waals surface area (Å²) in [5, 5.41) is 0. The van der Waals surface area contributed by atoms with Gasteiger partial charge >= 0.3 is 0 Å². The van der Waals surface area contributed by atoms with Gasteiger partial charge in [-0.1, -0.05) is 48.0 Å². The van der Waals surface area contributed by atoms with Gasteiger partial charge in [-0.25, -0.2) is 0 Å². The second kappa shape index (κ2) is 6.64. The van der Waals surface area contributed by atoms with E-state index in [4.69, 9.17) is 16.3 Å². The number of rotatable bonds is 4. The van der Waals surface area contributed by atoms with Crippen LogP contribution in [0.4, 0.5) is 0 Å². The Kier molecular flexibility index (Phi) is 5.11. The summed E-state index contributed by atoms with van der Waals surface area (Å²) in [7, 11) is 0. The van der Waals surface area contributed by atoms with Crippen LogP contribution in [0, 0.1) is 6.92 Å². The van der Waals surface area contributed by atoms with E-state index in [0.717, 1.165) is 27.1 Å². The van der Waals surface area contributed by atoms with Crippen LogP contribution in [0.5, 0.6) is 11.5 Å². The van der Waals surface area contributed by atoms with Crippen LogP contribution in [0.3, 0.4) is 0 Å². The maximum Gasteiger partial charge on any atom is 0.132 e. The van der Waals surface area contributed by atoms with Crippen molar-refractivity contribution in [2.24, 2.45) is 0 Å². The van der Waals surface area contributed by atoms with Crippen molar-refractivity contribution >= 4 is 27.5 Å². The third-order valence-corrected chi connectivity index (χ3v) is 4.05. The third kappa shape index (κ3) is 3.56. The minimum absolute atomic E-state index is 0.436. The molecule has 0 bridgehead atoms. The van der Waals surface area contributed by atoms with E-state index in [2.05, 4.69) is 54.9 Å². The van der Waals surface area contributed by atoms with Crippen LogP contribution in [-0.4, -0.2) is 0 Å². The summed E-state index contributed by atoms with van der Waals surface area (Å²) in [5.74, 6) is 2.61. The number of alkyl halides is 1. The van der Waals surface area contributed by atoms with Gasteiger partial charge in [0, 0.05) is 10.0 Å². The molecule has 2 aromatic rings. The molecule has 106 valence electrons. The van der Waals surface area contributed by atoms with Crippen molar-refractivity contribution in [3.8, 4) is 11.5 Å². The molecule has 0 heterocycles. The Balaban J connectivity index is 2.39. The van der Waals surface area contributed by atoms with Gasteiger partial charge in [0.25, 0.3) is 0 Å². The summed E-state index contributed by atoms with van der Waals surface area (Å²) in [5.41, 5.74) is 3.38. The molecule has 0 aliphatic carbocycles. The predicted molar refractivity (Wildman–Crippen MR) is 89.0 cm³/mol. The Morgan fingerprint density at radius 1 is 1.10 bits per heavy atom. The van der Waals surface area contributed by atoms with Crippen LogP contribution >= 0.6 is 27.5 Å². The van der Waals surface area contributed by atoms with E-state index >= 15 is 0 Å². The monoisotopic (exact) mass is 352 g/mol. The van der Waals surface area contributed by atoms with Crippen molar-refractivity contribution in [2.45, 2.75) is 32.6 Å². The van der Waals surface area contributed by atoms with Gasteiger partial charge in [0.05, 0.1) is 5.88 Å². The zero-order chi connectivity index (χ0) is 14.7. The molecule has 0 aromatic heterocycles. The molecule has 3 heteroatoms. The molecule has 0 unspecified atom stereocenters. The molecule has 0 saturated carbocycles. The lowest BCUT2D eigenvalue weighted by atomic mass is 10.0. The maximum absolute atomic E-state index is 6.09. The highest BCUT2D eigenvalue weighted by Crippen LogP contribution is 2.33. The first-order valence-electron chi connectivity index (χ1n) is 6.64. The summed E-state index contributed by atoms with van der Waals surface area (Å²) in [4.78, 5) is 0. The highest BCUT2D eigenvalue weighted by molar-refractivity contribution is 9.10. The van der Waals surface area contributed by atoms with E-state index in [9.17, 15) is 0 Å². The minimum Gasteiger partial charge on any atom is -0.457 e. The molecule has 0 N–H and O–H groups in total. The molecule has 0 fully saturated rings. The van der Waals surface area contributed by atoms with Crippen LogP contribution in [-0.2, 0) is 5.88 Å². The van der Waals surface area contributed by atoms with Crippen LogP contribution in [0.25, 0.3) is 0 Å². The molecule has 0 spiro atoms. The Hall–Kier alpha value is -0.990. The van der Waals surface area contributed by atoms with Crippen molar-refractivity contribution in [1.82, 2.24) is 0 Å². The maximum atomic E-state index is 6.09. The Labute approximate surface area is 134 Å². The number of benzene rings is 2. The number of aryl methyl sites for hydroxylation is 1. The molecule has 0 radical (unpaired) electrons. The van der Waals surface area contributed by atoms with E-state index in [1.165, 1.54) is 5.56 Å². The summed E-state index contributed by atoms with van der Waals surface area (Å²) in [6.45, 7) is 6.41. The van der Waals surface area contributed by atoms with E-state index in [-0.39, 0.29) is 0 Å². The number of ether oxygens (including phenoxy) is 1. The average Bonchev–Trinajstić information content (AvgIpc) is 2.41. The summed E-state index contributed by atoms with van der Waals surface area (Å²) >= 11 is 9.45. The number of hydrogen-bond acceptors (Lipinski definition) is 1. The summed E-state index contributed by atoms with van der Waals surface area (Å²) in [6.07, 6.45) is 0. The Morgan fingerprint density at radius 2 is 1.85 bits per heavy atom. The fourth-order valence-electron chi connectivity index (χ4n) is 1.94. The van der Waals surface area contributed by atoms with E-state index in [0.29, 0.717) is 11.8 Å². The molecule has 0 aliphatic rings. The second-order valence-corrected chi connectivity index (χ2v) is 6.35. The van der Waals surface area contributed by atoms with Crippen molar-refractivity contribution in [1.29, 1.82) is 0 Å². The minimum atomic E-state index is 0.436. The lowest BCUT2D eigenvalue weighted by Crippen LogP contribution is -1.94. The van der Waals surface area contributed by atoms with Crippen LogP contribution < -0.4 is 4.74 Å². The molecule has 2 rings (SSSR count). The quantitative estimate of drug-likeness (QED) is 0.577. The Morgan fingerprint density at radius 3 is 2.50 bits per heavy atom. The fraction of sp³-hybridized carbons (Fsp3) is 0.294. The smallest absolute Gasteiger partial charge is 0.132 e. The topological polar surface area (TPSA) is 9.23 Å². The largest absolute Gasteiger partial charge is 0.457 e. The summed E-state index contributed by atoms with van der Waals surface area (Å²) in [6, 6.07) is 12.3. The zero-order valence-electron chi connectivity index (χ0n) is 11.9. The Bertz CT molecular complexity index is 608. The van der Waals surface area contributed by atoms with Crippen molar-refractivity contribution in [3.05, 3.63) is 57.6 Å². The average molecular weight is 354 g/mol.